The van der Waals surface area contributed by atoms with Crippen molar-refractivity contribution in [2.75, 3.05) is 0 Å². The third kappa shape index (κ3) is 3.45. The molecular weight excluding hydrogens is 275 g/mol. The van der Waals surface area contributed by atoms with Crippen molar-refractivity contribution in [3.05, 3.63) is 71.0 Å². The van der Waals surface area contributed by atoms with E-state index in [9.17, 15) is 19.1 Å². The second-order valence-corrected chi connectivity index (χ2v) is 4.62. The lowest BCUT2D eigenvalue weighted by atomic mass is 9.91. The first kappa shape index (κ1) is 14.7. The minimum absolute atomic E-state index is 0.0971. The molecule has 4 nitrogen and oxygen atoms in total. The normalized spacial score (nSPS) is 11.9. The zero-order valence-corrected chi connectivity index (χ0v) is 11.0. The third-order valence-electron chi connectivity index (χ3n) is 3.20. The molecule has 0 amide bonds. The summed E-state index contributed by atoms with van der Waals surface area (Å²) in [5.74, 6) is -4.03. The minimum Gasteiger partial charge on any atom is -0.481 e. The standard InChI is InChI=1S/C16H13FO4/c17-14-7-6-10(9-13(14)16(20)21)8-12(15(18)19)11-4-2-1-3-5-11/h1-7,9,12H,8H2,(H,18,19)(H,20,21). The predicted molar refractivity (Wildman–Crippen MR) is 73.9 cm³/mol. The third-order valence-corrected chi connectivity index (χ3v) is 3.20. The maximum Gasteiger partial charge on any atom is 0.338 e. The van der Waals surface area contributed by atoms with Crippen LogP contribution in [0.1, 0.15) is 27.4 Å². The van der Waals surface area contributed by atoms with Gasteiger partial charge in [0.25, 0.3) is 0 Å². The number of rotatable bonds is 5. The molecule has 0 aromatic heterocycles. The molecule has 1 atom stereocenters. The van der Waals surface area contributed by atoms with Gasteiger partial charge in [-0.3, -0.25) is 4.79 Å². The Bertz CT molecular complexity index is 667. The Balaban J connectivity index is 2.32. The largest absolute Gasteiger partial charge is 0.481 e. The average molecular weight is 288 g/mol. The molecule has 0 aliphatic heterocycles. The van der Waals surface area contributed by atoms with Crippen LogP contribution in [0.25, 0.3) is 0 Å². The maximum atomic E-state index is 13.3. The van der Waals surface area contributed by atoms with Crippen LogP contribution in [0.3, 0.4) is 0 Å². The fourth-order valence-corrected chi connectivity index (χ4v) is 2.13. The van der Waals surface area contributed by atoms with Gasteiger partial charge in [-0.25, -0.2) is 9.18 Å². The first-order valence-corrected chi connectivity index (χ1v) is 6.28. The summed E-state index contributed by atoms with van der Waals surface area (Å²) >= 11 is 0. The van der Waals surface area contributed by atoms with Gasteiger partial charge in [0.05, 0.1) is 11.5 Å². The van der Waals surface area contributed by atoms with Crippen molar-refractivity contribution in [2.24, 2.45) is 0 Å². The van der Waals surface area contributed by atoms with Crippen LogP contribution in [0.5, 0.6) is 0 Å². The first-order valence-electron chi connectivity index (χ1n) is 6.28. The summed E-state index contributed by atoms with van der Waals surface area (Å²) in [6, 6.07) is 12.3. The van der Waals surface area contributed by atoms with Crippen LogP contribution >= 0.6 is 0 Å². The fourth-order valence-electron chi connectivity index (χ4n) is 2.13. The van der Waals surface area contributed by atoms with Gasteiger partial charge in [0, 0.05) is 0 Å². The van der Waals surface area contributed by atoms with E-state index in [0.29, 0.717) is 11.1 Å². The zero-order chi connectivity index (χ0) is 15.4. The van der Waals surface area contributed by atoms with Gasteiger partial charge in [-0.1, -0.05) is 36.4 Å². The summed E-state index contributed by atoms with van der Waals surface area (Å²) in [4.78, 5) is 22.3. The number of aliphatic carboxylic acids is 1. The van der Waals surface area contributed by atoms with Crippen LogP contribution < -0.4 is 0 Å². The highest BCUT2D eigenvalue weighted by molar-refractivity contribution is 5.88. The molecule has 0 fully saturated rings. The molecule has 0 heterocycles. The van der Waals surface area contributed by atoms with Gasteiger partial charge in [0.1, 0.15) is 5.82 Å². The van der Waals surface area contributed by atoms with Crippen LogP contribution in [-0.4, -0.2) is 22.2 Å². The monoisotopic (exact) mass is 288 g/mol. The smallest absolute Gasteiger partial charge is 0.338 e. The number of hydrogen-bond donors (Lipinski definition) is 2. The molecule has 0 spiro atoms. The summed E-state index contributed by atoms with van der Waals surface area (Å²) in [5.41, 5.74) is 0.626. The highest BCUT2D eigenvalue weighted by Gasteiger charge is 2.21. The Morgan fingerprint density at radius 1 is 1.05 bits per heavy atom. The Labute approximate surface area is 120 Å². The van der Waals surface area contributed by atoms with Gasteiger partial charge in [-0.05, 0) is 29.7 Å². The average Bonchev–Trinajstić information content (AvgIpc) is 2.46. The summed E-state index contributed by atoms with van der Waals surface area (Å²) in [6.45, 7) is 0. The van der Waals surface area contributed by atoms with Crippen LogP contribution in [0.15, 0.2) is 48.5 Å². The molecule has 0 radical (unpaired) electrons. The van der Waals surface area contributed by atoms with Gasteiger partial charge < -0.3 is 10.2 Å². The van der Waals surface area contributed by atoms with Crippen molar-refractivity contribution in [1.29, 1.82) is 0 Å². The molecule has 2 aromatic rings. The molecule has 0 saturated heterocycles. The van der Waals surface area contributed by atoms with E-state index in [1.807, 2.05) is 0 Å². The van der Waals surface area contributed by atoms with Crippen molar-refractivity contribution in [3.8, 4) is 0 Å². The van der Waals surface area contributed by atoms with E-state index in [2.05, 4.69) is 0 Å². The van der Waals surface area contributed by atoms with E-state index in [0.717, 1.165) is 6.07 Å². The molecule has 0 aliphatic rings. The second-order valence-electron chi connectivity index (χ2n) is 4.62. The fraction of sp³-hybridized carbons (Fsp3) is 0.125. The molecule has 0 aliphatic carbocycles. The molecule has 5 heteroatoms. The van der Waals surface area contributed by atoms with Crippen LogP contribution in [0, 0.1) is 5.82 Å². The molecule has 1 unspecified atom stereocenters. The lowest BCUT2D eigenvalue weighted by Gasteiger charge is -2.13. The Hall–Kier alpha value is -2.69. The summed E-state index contributed by atoms with van der Waals surface area (Å²) in [5, 5.41) is 18.2. The molecule has 2 rings (SSSR count). The maximum absolute atomic E-state index is 13.3. The Morgan fingerprint density at radius 3 is 2.29 bits per heavy atom. The van der Waals surface area contributed by atoms with Crippen molar-refractivity contribution in [1.82, 2.24) is 0 Å². The van der Waals surface area contributed by atoms with Gasteiger partial charge in [0.2, 0.25) is 0 Å². The predicted octanol–water partition coefficient (Wildman–Crippen LogP) is 2.93. The Morgan fingerprint density at radius 2 is 1.71 bits per heavy atom. The quantitative estimate of drug-likeness (QED) is 0.887. The van der Waals surface area contributed by atoms with Gasteiger partial charge in [-0.2, -0.15) is 0 Å². The second kappa shape index (κ2) is 6.17. The first-order chi connectivity index (χ1) is 9.99. The minimum atomic E-state index is -1.37. The molecule has 108 valence electrons. The molecule has 2 aromatic carbocycles. The van der Waals surface area contributed by atoms with Crippen LogP contribution in [0.2, 0.25) is 0 Å². The molecule has 21 heavy (non-hydrogen) atoms. The van der Waals surface area contributed by atoms with Crippen molar-refractivity contribution in [2.45, 2.75) is 12.3 Å². The van der Waals surface area contributed by atoms with Crippen molar-refractivity contribution >= 4 is 11.9 Å². The van der Waals surface area contributed by atoms with E-state index in [1.165, 1.54) is 12.1 Å². The zero-order valence-electron chi connectivity index (χ0n) is 11.0. The number of carboxylic acid groups (broad SMARTS) is 2. The lowest BCUT2D eigenvalue weighted by molar-refractivity contribution is -0.138. The number of hydrogen-bond acceptors (Lipinski definition) is 2. The van der Waals surface area contributed by atoms with E-state index in [-0.39, 0.29) is 6.42 Å². The number of carboxylic acids is 2. The van der Waals surface area contributed by atoms with E-state index >= 15 is 0 Å². The number of aromatic carboxylic acids is 1. The van der Waals surface area contributed by atoms with Crippen LogP contribution in [0.4, 0.5) is 4.39 Å². The van der Waals surface area contributed by atoms with Crippen molar-refractivity contribution < 1.29 is 24.2 Å². The summed E-state index contributed by atoms with van der Waals surface area (Å²) in [7, 11) is 0. The highest BCUT2D eigenvalue weighted by Crippen LogP contribution is 2.22. The van der Waals surface area contributed by atoms with Gasteiger partial charge in [0.15, 0.2) is 0 Å². The number of carbonyl (C=O) groups is 2. The molecule has 2 N–H and O–H groups in total. The highest BCUT2D eigenvalue weighted by atomic mass is 19.1. The van der Waals surface area contributed by atoms with E-state index < -0.39 is 29.2 Å². The number of benzene rings is 2. The van der Waals surface area contributed by atoms with Gasteiger partial charge in [-0.15, -0.1) is 0 Å². The topological polar surface area (TPSA) is 74.6 Å². The molecular formula is C16H13FO4. The SMILES string of the molecule is O=C(O)c1cc(CC(C(=O)O)c2ccccc2)ccc1F. The summed E-state index contributed by atoms with van der Waals surface area (Å²) < 4.78 is 13.3. The van der Waals surface area contributed by atoms with Gasteiger partial charge >= 0.3 is 11.9 Å². The lowest BCUT2D eigenvalue weighted by Crippen LogP contribution is -2.15. The summed E-state index contributed by atoms with van der Waals surface area (Å²) in [6.07, 6.45) is 0.0971. The molecule has 0 bridgehead atoms. The van der Waals surface area contributed by atoms with E-state index in [1.54, 1.807) is 30.3 Å². The number of halogens is 1. The van der Waals surface area contributed by atoms with E-state index in [4.69, 9.17) is 5.11 Å². The van der Waals surface area contributed by atoms with Crippen LogP contribution in [-0.2, 0) is 11.2 Å². The Kier molecular flexibility index (Phi) is 4.33. The van der Waals surface area contributed by atoms with Crippen molar-refractivity contribution in [3.63, 3.8) is 0 Å². The molecule has 0 saturated carbocycles.